The van der Waals surface area contributed by atoms with Gasteiger partial charge in [0, 0.05) is 12.6 Å². The van der Waals surface area contributed by atoms with Gasteiger partial charge < -0.3 is 9.88 Å². The number of imidazole rings is 1. The smallest absolute Gasteiger partial charge is 0.0961 e. The molecule has 0 fully saturated rings. The number of nitrogens with one attached hydrogen (secondary N) is 1. The molecule has 3 heteroatoms. The zero-order chi connectivity index (χ0) is 11.4. The number of benzene rings is 1. The van der Waals surface area contributed by atoms with Gasteiger partial charge in [-0.1, -0.05) is 19.1 Å². The summed E-state index contributed by atoms with van der Waals surface area (Å²) in [5.41, 5.74) is 2.29. The average Bonchev–Trinajstić information content (AvgIpc) is 2.73. The van der Waals surface area contributed by atoms with Crippen LogP contribution in [0.1, 0.15) is 26.3 Å². The third-order valence-electron chi connectivity index (χ3n) is 2.82. The van der Waals surface area contributed by atoms with Crippen LogP contribution in [0, 0.1) is 0 Å². The van der Waals surface area contributed by atoms with Crippen molar-refractivity contribution in [2.45, 2.75) is 26.3 Å². The summed E-state index contributed by atoms with van der Waals surface area (Å²) >= 11 is 0. The first-order valence-electron chi connectivity index (χ1n) is 5.95. The molecular weight excluding hydrogens is 198 g/mol. The molecule has 3 nitrogen and oxygen atoms in total. The second-order valence-electron chi connectivity index (χ2n) is 4.19. The molecule has 0 amide bonds. The van der Waals surface area contributed by atoms with Crippen LogP contribution in [0.2, 0.25) is 0 Å². The highest BCUT2D eigenvalue weighted by atomic mass is 15.1. The highest BCUT2D eigenvalue weighted by Crippen LogP contribution is 2.16. The third kappa shape index (κ3) is 2.25. The molecule has 1 unspecified atom stereocenters. The molecule has 0 aliphatic rings. The Kier molecular flexibility index (Phi) is 3.57. The maximum atomic E-state index is 4.40. The van der Waals surface area contributed by atoms with Crippen molar-refractivity contribution in [2.24, 2.45) is 0 Å². The van der Waals surface area contributed by atoms with Crippen LogP contribution < -0.4 is 5.32 Å². The van der Waals surface area contributed by atoms with Gasteiger partial charge in [0.15, 0.2) is 0 Å². The molecule has 16 heavy (non-hydrogen) atoms. The van der Waals surface area contributed by atoms with Crippen molar-refractivity contribution in [1.29, 1.82) is 0 Å². The Morgan fingerprint density at radius 3 is 3.00 bits per heavy atom. The lowest BCUT2D eigenvalue weighted by Gasteiger charge is -2.14. The average molecular weight is 217 g/mol. The monoisotopic (exact) mass is 217 g/mol. The van der Waals surface area contributed by atoms with E-state index >= 15 is 0 Å². The van der Waals surface area contributed by atoms with Gasteiger partial charge in [0.2, 0.25) is 0 Å². The molecule has 0 aliphatic carbocycles. The summed E-state index contributed by atoms with van der Waals surface area (Å²) in [6, 6.07) is 8.71. The molecule has 1 heterocycles. The molecule has 0 bridgehead atoms. The van der Waals surface area contributed by atoms with Gasteiger partial charge in [-0.05, 0) is 32.0 Å². The Morgan fingerprint density at radius 1 is 1.38 bits per heavy atom. The van der Waals surface area contributed by atoms with Crippen LogP contribution in [0.3, 0.4) is 0 Å². The van der Waals surface area contributed by atoms with Crippen molar-refractivity contribution in [3.8, 4) is 0 Å². The van der Waals surface area contributed by atoms with Crippen LogP contribution in [0.4, 0.5) is 0 Å². The molecule has 1 aromatic heterocycles. The maximum Gasteiger partial charge on any atom is 0.0961 e. The molecule has 2 rings (SSSR count). The van der Waals surface area contributed by atoms with Crippen molar-refractivity contribution in [3.05, 3.63) is 30.6 Å². The third-order valence-corrected chi connectivity index (χ3v) is 2.82. The SMILES string of the molecule is CCCNCC(C)n1cnc2ccccc21. The summed E-state index contributed by atoms with van der Waals surface area (Å²) in [5.74, 6) is 0. The van der Waals surface area contributed by atoms with Crippen molar-refractivity contribution in [3.63, 3.8) is 0 Å². The van der Waals surface area contributed by atoms with E-state index in [1.54, 1.807) is 0 Å². The summed E-state index contributed by atoms with van der Waals surface area (Å²) in [4.78, 5) is 4.40. The zero-order valence-electron chi connectivity index (χ0n) is 9.98. The van der Waals surface area contributed by atoms with Crippen LogP contribution in [0.15, 0.2) is 30.6 Å². The van der Waals surface area contributed by atoms with E-state index in [-0.39, 0.29) is 0 Å². The lowest BCUT2D eigenvalue weighted by molar-refractivity contribution is 0.503. The number of hydrogen-bond acceptors (Lipinski definition) is 2. The second-order valence-corrected chi connectivity index (χ2v) is 4.19. The Balaban J connectivity index is 2.13. The summed E-state index contributed by atoms with van der Waals surface area (Å²) in [7, 11) is 0. The Labute approximate surface area is 96.5 Å². The molecule has 1 atom stereocenters. The summed E-state index contributed by atoms with van der Waals surface area (Å²) in [5, 5.41) is 3.44. The molecule has 0 radical (unpaired) electrons. The number of hydrogen-bond donors (Lipinski definition) is 1. The summed E-state index contributed by atoms with van der Waals surface area (Å²) in [6.07, 6.45) is 3.11. The largest absolute Gasteiger partial charge is 0.326 e. The Morgan fingerprint density at radius 2 is 2.19 bits per heavy atom. The first kappa shape index (κ1) is 11.1. The molecule has 0 spiro atoms. The fraction of sp³-hybridized carbons (Fsp3) is 0.462. The Bertz CT molecular complexity index is 447. The Hall–Kier alpha value is -1.35. The summed E-state index contributed by atoms with van der Waals surface area (Å²) < 4.78 is 2.23. The van der Waals surface area contributed by atoms with Crippen molar-refractivity contribution in [1.82, 2.24) is 14.9 Å². The molecule has 1 N–H and O–H groups in total. The van der Waals surface area contributed by atoms with Gasteiger partial charge in [-0.25, -0.2) is 4.98 Å². The first-order chi connectivity index (χ1) is 7.83. The van der Waals surface area contributed by atoms with Gasteiger partial charge in [0.25, 0.3) is 0 Å². The van der Waals surface area contributed by atoms with Crippen LogP contribution in [-0.2, 0) is 0 Å². The minimum absolute atomic E-state index is 0.443. The molecule has 0 aliphatic heterocycles. The van der Waals surface area contributed by atoms with E-state index in [1.807, 2.05) is 12.4 Å². The van der Waals surface area contributed by atoms with E-state index in [0.717, 1.165) is 18.6 Å². The van der Waals surface area contributed by atoms with E-state index < -0.39 is 0 Å². The molecule has 2 aromatic rings. The van der Waals surface area contributed by atoms with Crippen LogP contribution in [0.25, 0.3) is 11.0 Å². The fourth-order valence-electron chi connectivity index (χ4n) is 1.92. The van der Waals surface area contributed by atoms with Gasteiger partial charge >= 0.3 is 0 Å². The maximum absolute atomic E-state index is 4.40. The molecule has 86 valence electrons. The van der Waals surface area contributed by atoms with Gasteiger partial charge in [-0.15, -0.1) is 0 Å². The van der Waals surface area contributed by atoms with Crippen LogP contribution in [-0.4, -0.2) is 22.6 Å². The van der Waals surface area contributed by atoms with E-state index in [4.69, 9.17) is 0 Å². The summed E-state index contributed by atoms with van der Waals surface area (Å²) in [6.45, 7) is 6.48. The molecule has 0 saturated heterocycles. The molecular formula is C13H19N3. The van der Waals surface area contributed by atoms with Crippen molar-refractivity contribution >= 4 is 11.0 Å². The van der Waals surface area contributed by atoms with E-state index in [9.17, 15) is 0 Å². The zero-order valence-corrected chi connectivity index (χ0v) is 9.98. The predicted molar refractivity (Wildman–Crippen MR) is 67.6 cm³/mol. The lowest BCUT2D eigenvalue weighted by Crippen LogP contribution is -2.23. The molecule has 0 saturated carbocycles. The minimum atomic E-state index is 0.443. The second kappa shape index (κ2) is 5.12. The van der Waals surface area contributed by atoms with Gasteiger partial charge in [0.1, 0.15) is 0 Å². The number of para-hydroxylation sites is 2. The van der Waals surface area contributed by atoms with Crippen molar-refractivity contribution < 1.29 is 0 Å². The topological polar surface area (TPSA) is 29.9 Å². The normalized spacial score (nSPS) is 13.1. The number of nitrogens with zero attached hydrogens (tertiary/aromatic N) is 2. The quantitative estimate of drug-likeness (QED) is 0.780. The highest BCUT2D eigenvalue weighted by Gasteiger charge is 2.07. The number of fused-ring (bicyclic) bond motifs is 1. The standard InChI is InChI=1S/C13H19N3/c1-3-8-14-9-11(2)16-10-15-12-6-4-5-7-13(12)16/h4-7,10-11,14H,3,8-9H2,1-2H3. The predicted octanol–water partition coefficient (Wildman–Crippen LogP) is 2.60. The van der Waals surface area contributed by atoms with E-state index in [0.29, 0.717) is 6.04 Å². The van der Waals surface area contributed by atoms with Crippen molar-refractivity contribution in [2.75, 3.05) is 13.1 Å². The van der Waals surface area contributed by atoms with Gasteiger partial charge in [0.05, 0.1) is 17.4 Å². The lowest BCUT2D eigenvalue weighted by atomic mass is 10.2. The van der Waals surface area contributed by atoms with Crippen LogP contribution >= 0.6 is 0 Å². The van der Waals surface area contributed by atoms with Gasteiger partial charge in [-0.3, -0.25) is 0 Å². The number of aromatic nitrogens is 2. The van der Waals surface area contributed by atoms with Gasteiger partial charge in [-0.2, -0.15) is 0 Å². The highest BCUT2D eigenvalue weighted by molar-refractivity contribution is 5.75. The van der Waals surface area contributed by atoms with E-state index in [2.05, 4.69) is 46.9 Å². The fourth-order valence-corrected chi connectivity index (χ4v) is 1.92. The number of rotatable bonds is 5. The van der Waals surface area contributed by atoms with E-state index in [1.165, 1.54) is 11.9 Å². The minimum Gasteiger partial charge on any atom is -0.326 e. The first-order valence-corrected chi connectivity index (χ1v) is 5.95. The molecule has 1 aromatic carbocycles. The van der Waals surface area contributed by atoms with Crippen LogP contribution in [0.5, 0.6) is 0 Å².